The highest BCUT2D eigenvalue weighted by atomic mass is 32.1. The Kier molecular flexibility index (Phi) is 3.86. The lowest BCUT2D eigenvalue weighted by Gasteiger charge is -1.98. The number of nitrogens with two attached hydrogens (primary N) is 1. The van der Waals surface area contributed by atoms with Crippen molar-refractivity contribution >= 4 is 23.5 Å². The SMILES string of the molecule is NC(=S)NN=Cc1ccc(-c2ccc(F)c(F)c2)o1. The maximum atomic E-state index is 13.1. The molecule has 2 aromatic rings. The number of nitrogens with zero attached hydrogens (tertiary/aromatic N) is 1. The Labute approximate surface area is 112 Å². The number of thiocarbonyl (C=S) groups is 1. The first-order valence-electron chi connectivity index (χ1n) is 5.20. The van der Waals surface area contributed by atoms with Gasteiger partial charge in [0.25, 0.3) is 0 Å². The third-order valence-corrected chi connectivity index (χ3v) is 2.29. The summed E-state index contributed by atoms with van der Waals surface area (Å²) in [4.78, 5) is 0. The van der Waals surface area contributed by atoms with E-state index in [2.05, 4.69) is 22.7 Å². The van der Waals surface area contributed by atoms with Crippen LogP contribution in [-0.2, 0) is 0 Å². The van der Waals surface area contributed by atoms with E-state index in [-0.39, 0.29) is 5.11 Å². The first-order chi connectivity index (χ1) is 9.06. The first kappa shape index (κ1) is 13.2. The van der Waals surface area contributed by atoms with Crippen molar-refractivity contribution in [2.75, 3.05) is 0 Å². The maximum absolute atomic E-state index is 13.1. The second-order valence-electron chi connectivity index (χ2n) is 3.57. The third-order valence-electron chi connectivity index (χ3n) is 2.20. The standard InChI is InChI=1S/C12H9F2N3OS/c13-9-3-1-7(5-10(9)14)11-4-2-8(18-11)6-16-17-12(15)19/h1-6H,(H3,15,17,19). The molecule has 0 amide bonds. The summed E-state index contributed by atoms with van der Waals surface area (Å²) >= 11 is 4.56. The minimum Gasteiger partial charge on any atom is -0.455 e. The van der Waals surface area contributed by atoms with E-state index in [9.17, 15) is 8.78 Å². The molecular formula is C12H9F2N3OS. The second kappa shape index (κ2) is 5.57. The van der Waals surface area contributed by atoms with Crippen LogP contribution in [0.2, 0.25) is 0 Å². The van der Waals surface area contributed by atoms with Crippen molar-refractivity contribution in [3.63, 3.8) is 0 Å². The summed E-state index contributed by atoms with van der Waals surface area (Å²) in [6.45, 7) is 0. The van der Waals surface area contributed by atoms with E-state index < -0.39 is 11.6 Å². The molecule has 1 aromatic carbocycles. The summed E-state index contributed by atoms with van der Waals surface area (Å²) in [5.41, 5.74) is 7.98. The molecule has 0 bridgehead atoms. The van der Waals surface area contributed by atoms with E-state index in [0.717, 1.165) is 12.1 Å². The Morgan fingerprint density at radius 3 is 2.74 bits per heavy atom. The molecule has 0 radical (unpaired) electrons. The van der Waals surface area contributed by atoms with Crippen LogP contribution in [0.3, 0.4) is 0 Å². The quantitative estimate of drug-likeness (QED) is 0.515. The summed E-state index contributed by atoms with van der Waals surface area (Å²) in [7, 11) is 0. The molecule has 3 N–H and O–H groups in total. The molecule has 0 aliphatic carbocycles. The molecule has 2 rings (SSSR count). The molecule has 0 aliphatic rings. The fourth-order valence-electron chi connectivity index (χ4n) is 1.39. The molecule has 98 valence electrons. The molecule has 0 saturated heterocycles. The van der Waals surface area contributed by atoms with Crippen molar-refractivity contribution in [3.05, 3.63) is 47.7 Å². The minimum atomic E-state index is -0.931. The van der Waals surface area contributed by atoms with E-state index in [1.807, 2.05) is 0 Å². The van der Waals surface area contributed by atoms with Gasteiger partial charge in [-0.25, -0.2) is 8.78 Å². The molecule has 1 aromatic heterocycles. The zero-order chi connectivity index (χ0) is 13.8. The van der Waals surface area contributed by atoms with Crippen molar-refractivity contribution in [2.45, 2.75) is 0 Å². The average molecular weight is 281 g/mol. The molecule has 0 saturated carbocycles. The Morgan fingerprint density at radius 1 is 1.26 bits per heavy atom. The lowest BCUT2D eigenvalue weighted by atomic mass is 10.1. The van der Waals surface area contributed by atoms with E-state index >= 15 is 0 Å². The van der Waals surface area contributed by atoms with E-state index in [0.29, 0.717) is 17.1 Å². The van der Waals surface area contributed by atoms with Crippen LogP contribution in [0.5, 0.6) is 0 Å². The number of rotatable bonds is 3. The highest BCUT2D eigenvalue weighted by molar-refractivity contribution is 7.80. The van der Waals surface area contributed by atoms with Gasteiger partial charge in [-0.3, -0.25) is 5.43 Å². The van der Waals surface area contributed by atoms with Crippen LogP contribution in [0.1, 0.15) is 5.76 Å². The summed E-state index contributed by atoms with van der Waals surface area (Å²) in [6, 6.07) is 6.76. The van der Waals surface area contributed by atoms with Gasteiger partial charge >= 0.3 is 0 Å². The molecule has 1 heterocycles. The molecule has 0 aliphatic heterocycles. The van der Waals surface area contributed by atoms with Crippen LogP contribution < -0.4 is 11.2 Å². The van der Waals surface area contributed by atoms with Crippen molar-refractivity contribution in [1.82, 2.24) is 5.43 Å². The molecule has 4 nitrogen and oxygen atoms in total. The molecule has 19 heavy (non-hydrogen) atoms. The number of furan rings is 1. The number of nitrogens with one attached hydrogen (secondary N) is 1. The highest BCUT2D eigenvalue weighted by Crippen LogP contribution is 2.23. The topological polar surface area (TPSA) is 63.5 Å². The van der Waals surface area contributed by atoms with Crippen molar-refractivity contribution in [3.8, 4) is 11.3 Å². The molecular weight excluding hydrogens is 272 g/mol. The van der Waals surface area contributed by atoms with Crippen LogP contribution in [0.15, 0.2) is 39.9 Å². The monoisotopic (exact) mass is 281 g/mol. The Hall–Kier alpha value is -2.28. The van der Waals surface area contributed by atoms with Crippen molar-refractivity contribution in [1.29, 1.82) is 0 Å². The van der Waals surface area contributed by atoms with E-state index in [4.69, 9.17) is 10.2 Å². The van der Waals surface area contributed by atoms with Crippen LogP contribution in [0.4, 0.5) is 8.78 Å². The van der Waals surface area contributed by atoms with Gasteiger partial charge in [-0.05, 0) is 42.5 Å². The normalized spacial score (nSPS) is 10.8. The fourth-order valence-corrected chi connectivity index (χ4v) is 1.44. The Bertz CT molecular complexity index is 640. The van der Waals surface area contributed by atoms with E-state index in [1.165, 1.54) is 12.3 Å². The van der Waals surface area contributed by atoms with Gasteiger partial charge in [-0.1, -0.05) is 0 Å². The number of halogens is 2. The lowest BCUT2D eigenvalue weighted by molar-refractivity contribution is 0.508. The Balaban J connectivity index is 2.18. The zero-order valence-electron chi connectivity index (χ0n) is 9.56. The number of benzene rings is 1. The molecule has 7 heteroatoms. The van der Waals surface area contributed by atoms with Gasteiger partial charge in [0, 0.05) is 5.56 Å². The average Bonchev–Trinajstić information content (AvgIpc) is 2.81. The second-order valence-corrected chi connectivity index (χ2v) is 4.00. The van der Waals surface area contributed by atoms with Gasteiger partial charge < -0.3 is 10.2 Å². The summed E-state index contributed by atoms with van der Waals surface area (Å²) in [5, 5.41) is 3.74. The van der Waals surface area contributed by atoms with E-state index in [1.54, 1.807) is 12.1 Å². The molecule has 0 fully saturated rings. The van der Waals surface area contributed by atoms with Gasteiger partial charge in [0.2, 0.25) is 0 Å². The van der Waals surface area contributed by atoms with Gasteiger partial charge in [-0.15, -0.1) is 0 Å². The van der Waals surface area contributed by atoms with Gasteiger partial charge in [-0.2, -0.15) is 5.10 Å². The van der Waals surface area contributed by atoms with Crippen molar-refractivity contribution < 1.29 is 13.2 Å². The summed E-state index contributed by atoms with van der Waals surface area (Å²) in [5.74, 6) is -1.02. The van der Waals surface area contributed by atoms with Crippen molar-refractivity contribution in [2.24, 2.45) is 10.8 Å². The van der Waals surface area contributed by atoms with Gasteiger partial charge in [0.1, 0.15) is 11.5 Å². The predicted octanol–water partition coefficient (Wildman–Crippen LogP) is 2.39. The lowest BCUT2D eigenvalue weighted by Crippen LogP contribution is -2.23. The molecule has 0 atom stereocenters. The number of hydrogen-bond acceptors (Lipinski definition) is 3. The summed E-state index contributed by atoms with van der Waals surface area (Å²) < 4.78 is 31.3. The van der Waals surface area contributed by atoms with Crippen LogP contribution >= 0.6 is 12.2 Å². The number of hydrazone groups is 1. The maximum Gasteiger partial charge on any atom is 0.184 e. The zero-order valence-corrected chi connectivity index (χ0v) is 10.4. The largest absolute Gasteiger partial charge is 0.455 e. The predicted molar refractivity (Wildman–Crippen MR) is 71.6 cm³/mol. The minimum absolute atomic E-state index is 0.0311. The summed E-state index contributed by atoms with van der Waals surface area (Å²) in [6.07, 6.45) is 1.36. The van der Waals surface area contributed by atoms with Gasteiger partial charge in [0.05, 0.1) is 6.21 Å². The third kappa shape index (κ3) is 3.35. The fraction of sp³-hybridized carbons (Fsp3) is 0. The van der Waals surface area contributed by atoms with Crippen LogP contribution in [0.25, 0.3) is 11.3 Å². The smallest absolute Gasteiger partial charge is 0.184 e. The first-order valence-corrected chi connectivity index (χ1v) is 5.61. The molecule has 0 unspecified atom stereocenters. The Morgan fingerprint density at radius 2 is 2.05 bits per heavy atom. The highest BCUT2D eigenvalue weighted by Gasteiger charge is 2.07. The van der Waals surface area contributed by atoms with Crippen LogP contribution in [0, 0.1) is 11.6 Å². The van der Waals surface area contributed by atoms with Crippen LogP contribution in [-0.4, -0.2) is 11.3 Å². The number of hydrogen-bond donors (Lipinski definition) is 2. The van der Waals surface area contributed by atoms with Gasteiger partial charge in [0.15, 0.2) is 16.7 Å². The molecule has 0 spiro atoms.